The van der Waals surface area contributed by atoms with Gasteiger partial charge in [0.25, 0.3) is 0 Å². The van der Waals surface area contributed by atoms with Gasteiger partial charge < -0.3 is 0 Å². The second kappa shape index (κ2) is 5.14. The van der Waals surface area contributed by atoms with Gasteiger partial charge in [-0.3, -0.25) is 15.8 Å². The maximum absolute atomic E-state index is 5.72. The Morgan fingerprint density at radius 3 is 2.63 bits per heavy atom. The van der Waals surface area contributed by atoms with Crippen LogP contribution >= 0.6 is 0 Å². The molecule has 2 heterocycles. The minimum atomic E-state index is -0.118. The van der Waals surface area contributed by atoms with Crippen LogP contribution < -0.4 is 11.3 Å². The zero-order valence-electron chi connectivity index (χ0n) is 10.3. The van der Waals surface area contributed by atoms with Crippen LogP contribution in [0, 0.1) is 0 Å². The van der Waals surface area contributed by atoms with Gasteiger partial charge >= 0.3 is 0 Å². The molecule has 0 bridgehead atoms. The molecule has 3 N–H and O–H groups in total. The molecular formula is C15H14N4. The first kappa shape index (κ1) is 11.8. The summed E-state index contributed by atoms with van der Waals surface area (Å²) in [7, 11) is 0. The van der Waals surface area contributed by atoms with Gasteiger partial charge in [0.1, 0.15) is 0 Å². The van der Waals surface area contributed by atoms with Crippen molar-refractivity contribution in [1.82, 2.24) is 15.4 Å². The summed E-state index contributed by atoms with van der Waals surface area (Å²) >= 11 is 0. The van der Waals surface area contributed by atoms with Gasteiger partial charge in [-0.1, -0.05) is 30.3 Å². The third-order valence-corrected chi connectivity index (χ3v) is 3.19. The molecule has 1 unspecified atom stereocenters. The molecule has 0 aliphatic carbocycles. The number of nitrogens with one attached hydrogen (secondary N) is 1. The topological polar surface area (TPSA) is 63.8 Å². The largest absolute Gasteiger partial charge is 0.271 e. The molecule has 0 fully saturated rings. The van der Waals surface area contributed by atoms with Crippen molar-refractivity contribution in [3.05, 3.63) is 72.3 Å². The molecule has 0 saturated heterocycles. The average Bonchev–Trinajstić information content (AvgIpc) is 2.49. The monoisotopic (exact) mass is 250 g/mol. The predicted octanol–water partition coefficient (Wildman–Crippen LogP) is 2.18. The van der Waals surface area contributed by atoms with Crippen LogP contribution in [-0.2, 0) is 0 Å². The first-order chi connectivity index (χ1) is 9.40. The molecule has 0 amide bonds. The van der Waals surface area contributed by atoms with Gasteiger partial charge in [-0.25, -0.2) is 5.43 Å². The second-order valence-electron chi connectivity index (χ2n) is 4.34. The quantitative estimate of drug-likeness (QED) is 0.552. The minimum Gasteiger partial charge on any atom is -0.271 e. The van der Waals surface area contributed by atoms with Crippen molar-refractivity contribution in [3.63, 3.8) is 0 Å². The molecule has 4 nitrogen and oxygen atoms in total. The van der Waals surface area contributed by atoms with Crippen LogP contribution in [0.4, 0.5) is 0 Å². The number of nitrogens with zero attached hydrogens (tertiary/aromatic N) is 2. The van der Waals surface area contributed by atoms with Gasteiger partial charge in [0.15, 0.2) is 0 Å². The van der Waals surface area contributed by atoms with Crippen LogP contribution in [0.3, 0.4) is 0 Å². The molecule has 94 valence electrons. The van der Waals surface area contributed by atoms with Crippen molar-refractivity contribution in [3.8, 4) is 0 Å². The smallest absolute Gasteiger partial charge is 0.0745 e. The van der Waals surface area contributed by atoms with E-state index in [0.717, 1.165) is 21.9 Å². The van der Waals surface area contributed by atoms with Gasteiger partial charge in [-0.15, -0.1) is 0 Å². The van der Waals surface area contributed by atoms with E-state index in [0.29, 0.717) is 0 Å². The summed E-state index contributed by atoms with van der Waals surface area (Å²) < 4.78 is 0. The first-order valence-electron chi connectivity index (χ1n) is 6.09. The third-order valence-electron chi connectivity index (χ3n) is 3.19. The highest BCUT2D eigenvalue weighted by molar-refractivity contribution is 5.85. The maximum Gasteiger partial charge on any atom is 0.0745 e. The molecule has 19 heavy (non-hydrogen) atoms. The highest BCUT2D eigenvalue weighted by Gasteiger charge is 2.15. The van der Waals surface area contributed by atoms with Crippen LogP contribution in [0.25, 0.3) is 10.8 Å². The molecule has 0 aliphatic rings. The number of hydrogen-bond donors (Lipinski definition) is 2. The first-order valence-corrected chi connectivity index (χ1v) is 6.09. The second-order valence-corrected chi connectivity index (χ2v) is 4.34. The Morgan fingerprint density at radius 1 is 0.947 bits per heavy atom. The van der Waals surface area contributed by atoms with E-state index >= 15 is 0 Å². The number of hydrazine groups is 1. The standard InChI is InChI=1S/C15H14N4/c16-19-15(12-5-3-7-17-9-12)14-10-18-8-11-4-1-2-6-13(11)14/h1-10,15,19H,16H2. The summed E-state index contributed by atoms with van der Waals surface area (Å²) in [5.74, 6) is 5.72. The lowest BCUT2D eigenvalue weighted by molar-refractivity contribution is 0.637. The molecule has 4 heteroatoms. The van der Waals surface area contributed by atoms with Crippen molar-refractivity contribution in [2.24, 2.45) is 5.84 Å². The summed E-state index contributed by atoms with van der Waals surface area (Å²) in [5, 5.41) is 2.24. The molecule has 3 rings (SSSR count). The van der Waals surface area contributed by atoms with Gasteiger partial charge in [0, 0.05) is 35.7 Å². The van der Waals surface area contributed by atoms with E-state index in [4.69, 9.17) is 5.84 Å². The van der Waals surface area contributed by atoms with Crippen LogP contribution in [0.2, 0.25) is 0 Å². The van der Waals surface area contributed by atoms with Crippen molar-refractivity contribution < 1.29 is 0 Å². The zero-order valence-corrected chi connectivity index (χ0v) is 10.3. The normalized spacial score (nSPS) is 12.5. The molecule has 1 aromatic carbocycles. The lowest BCUT2D eigenvalue weighted by atomic mass is 9.97. The molecule has 0 saturated carbocycles. The molecule has 2 aromatic heterocycles. The highest BCUT2D eigenvalue weighted by atomic mass is 15.2. The molecule has 0 radical (unpaired) electrons. The lowest BCUT2D eigenvalue weighted by Crippen LogP contribution is -2.29. The summed E-state index contributed by atoms with van der Waals surface area (Å²) in [6.45, 7) is 0. The highest BCUT2D eigenvalue weighted by Crippen LogP contribution is 2.26. The number of fused-ring (bicyclic) bond motifs is 1. The molecule has 1 atom stereocenters. The van der Waals surface area contributed by atoms with E-state index in [2.05, 4.69) is 21.5 Å². The SMILES string of the molecule is NNC(c1cccnc1)c1cncc2ccccc12. The predicted molar refractivity (Wildman–Crippen MR) is 75.1 cm³/mol. The number of aromatic nitrogens is 2. The fourth-order valence-electron chi connectivity index (χ4n) is 2.28. The number of rotatable bonds is 3. The fourth-order valence-corrected chi connectivity index (χ4v) is 2.28. The Morgan fingerprint density at radius 2 is 1.84 bits per heavy atom. The molecule has 0 spiro atoms. The van der Waals surface area contributed by atoms with E-state index in [1.54, 1.807) is 6.20 Å². The van der Waals surface area contributed by atoms with Gasteiger partial charge in [0.2, 0.25) is 0 Å². The fraction of sp³-hybridized carbons (Fsp3) is 0.0667. The Bertz CT molecular complexity index is 677. The third kappa shape index (κ3) is 2.19. The van der Waals surface area contributed by atoms with Crippen molar-refractivity contribution in [2.45, 2.75) is 6.04 Å². The van der Waals surface area contributed by atoms with Gasteiger partial charge in [0.05, 0.1) is 6.04 Å². The lowest BCUT2D eigenvalue weighted by Gasteiger charge is -2.18. The van der Waals surface area contributed by atoms with Crippen molar-refractivity contribution in [1.29, 1.82) is 0 Å². The summed E-state index contributed by atoms with van der Waals surface area (Å²) in [4.78, 5) is 8.43. The van der Waals surface area contributed by atoms with Crippen molar-refractivity contribution in [2.75, 3.05) is 0 Å². The summed E-state index contributed by atoms with van der Waals surface area (Å²) in [6.07, 6.45) is 7.26. The van der Waals surface area contributed by atoms with E-state index in [1.807, 2.05) is 48.9 Å². The Balaban J connectivity index is 2.17. The summed E-state index contributed by atoms with van der Waals surface area (Å²) in [5.41, 5.74) is 4.91. The number of hydrogen-bond acceptors (Lipinski definition) is 4. The van der Waals surface area contributed by atoms with Crippen LogP contribution in [0.1, 0.15) is 17.2 Å². The maximum atomic E-state index is 5.72. The zero-order chi connectivity index (χ0) is 13.1. The van der Waals surface area contributed by atoms with Crippen LogP contribution in [0.5, 0.6) is 0 Å². The number of pyridine rings is 2. The average molecular weight is 250 g/mol. The van der Waals surface area contributed by atoms with E-state index in [1.165, 1.54) is 0 Å². The van der Waals surface area contributed by atoms with Crippen molar-refractivity contribution >= 4 is 10.8 Å². The van der Waals surface area contributed by atoms with Gasteiger partial charge in [-0.05, 0) is 17.0 Å². The summed E-state index contributed by atoms with van der Waals surface area (Å²) in [6, 6.07) is 11.9. The number of nitrogens with two attached hydrogens (primary N) is 1. The van der Waals surface area contributed by atoms with Crippen LogP contribution in [0.15, 0.2) is 61.2 Å². The van der Waals surface area contributed by atoms with E-state index in [-0.39, 0.29) is 6.04 Å². The van der Waals surface area contributed by atoms with E-state index in [9.17, 15) is 0 Å². The van der Waals surface area contributed by atoms with Crippen LogP contribution in [-0.4, -0.2) is 9.97 Å². The van der Waals surface area contributed by atoms with Gasteiger partial charge in [-0.2, -0.15) is 0 Å². The Hall–Kier alpha value is -2.30. The molecule has 0 aliphatic heterocycles. The molecule has 3 aromatic rings. The Labute approximate surface area is 111 Å². The van der Waals surface area contributed by atoms with E-state index < -0.39 is 0 Å². The minimum absolute atomic E-state index is 0.118. The number of benzene rings is 1. The Kier molecular flexibility index (Phi) is 3.18. The molecular weight excluding hydrogens is 236 g/mol.